The minimum Gasteiger partial charge on any atom is -0.296 e. The first kappa shape index (κ1) is 14.1. The van der Waals surface area contributed by atoms with Crippen molar-refractivity contribution in [2.45, 2.75) is 25.8 Å². The van der Waals surface area contributed by atoms with Crippen LogP contribution in [0.15, 0.2) is 30.3 Å². The molecule has 1 unspecified atom stereocenters. The first-order valence-corrected chi connectivity index (χ1v) is 7.24. The molecule has 3 heteroatoms. The van der Waals surface area contributed by atoms with Crippen LogP contribution in [0, 0.1) is 11.3 Å². The topological polar surface area (TPSA) is 35.8 Å². The summed E-state index contributed by atoms with van der Waals surface area (Å²) in [6.45, 7) is 5.00. The zero-order valence-electron chi connectivity index (χ0n) is 10.6. The van der Waals surface area contributed by atoms with E-state index in [1.165, 1.54) is 0 Å². The molecule has 0 aliphatic rings. The van der Waals surface area contributed by atoms with Crippen LogP contribution in [0.2, 0.25) is 0 Å². The van der Waals surface area contributed by atoms with Gasteiger partial charge in [-0.15, -0.1) is 0 Å². The second kappa shape index (κ2) is 7.37. The van der Waals surface area contributed by atoms with Gasteiger partial charge in [0.1, 0.15) is 5.54 Å². The zero-order chi connectivity index (χ0) is 12.6. The van der Waals surface area contributed by atoms with Crippen LogP contribution in [-0.2, 0) is 5.54 Å². The quantitative estimate of drug-likeness (QED) is 0.753. The Hall–Kier alpha value is -0.980. The van der Waals surface area contributed by atoms with Crippen LogP contribution < -0.4 is 5.32 Å². The van der Waals surface area contributed by atoms with Gasteiger partial charge in [0.2, 0.25) is 0 Å². The van der Waals surface area contributed by atoms with E-state index >= 15 is 0 Å². The van der Waals surface area contributed by atoms with Crippen molar-refractivity contribution in [3.05, 3.63) is 35.9 Å². The zero-order valence-corrected chi connectivity index (χ0v) is 11.4. The maximum atomic E-state index is 9.54. The molecule has 1 N–H and O–H groups in total. The van der Waals surface area contributed by atoms with E-state index in [2.05, 4.69) is 18.3 Å². The first-order chi connectivity index (χ1) is 8.29. The first-order valence-electron chi connectivity index (χ1n) is 6.08. The molecule has 1 aromatic rings. The molecule has 0 spiro atoms. The Balaban J connectivity index is 2.89. The van der Waals surface area contributed by atoms with Gasteiger partial charge < -0.3 is 0 Å². The van der Waals surface area contributed by atoms with Gasteiger partial charge in [-0.3, -0.25) is 5.32 Å². The third-order valence-electron chi connectivity index (χ3n) is 2.76. The lowest BCUT2D eigenvalue weighted by molar-refractivity contribution is 0.428. The molecule has 92 valence electrons. The summed E-state index contributed by atoms with van der Waals surface area (Å²) in [6, 6.07) is 12.5. The lowest BCUT2D eigenvalue weighted by atomic mass is 9.88. The van der Waals surface area contributed by atoms with Crippen molar-refractivity contribution >= 4 is 11.8 Å². The number of nitrogens with zero attached hydrogens (tertiary/aromatic N) is 1. The molecule has 17 heavy (non-hydrogen) atoms. The normalized spacial score (nSPS) is 13.9. The maximum absolute atomic E-state index is 9.54. The van der Waals surface area contributed by atoms with E-state index in [1.807, 2.05) is 49.0 Å². The number of thioether (sulfide) groups is 1. The Labute approximate surface area is 108 Å². The molecular weight excluding hydrogens is 228 g/mol. The van der Waals surface area contributed by atoms with E-state index in [0.717, 1.165) is 30.0 Å². The van der Waals surface area contributed by atoms with Crippen LogP contribution in [-0.4, -0.2) is 18.1 Å². The lowest BCUT2D eigenvalue weighted by Crippen LogP contribution is -2.41. The summed E-state index contributed by atoms with van der Waals surface area (Å²) in [5.41, 5.74) is 0.541. The van der Waals surface area contributed by atoms with E-state index in [-0.39, 0.29) is 0 Å². The van der Waals surface area contributed by atoms with Crippen molar-refractivity contribution in [3.63, 3.8) is 0 Å². The maximum Gasteiger partial charge on any atom is 0.133 e. The number of nitriles is 1. The molecule has 0 aliphatic carbocycles. The summed E-state index contributed by atoms with van der Waals surface area (Å²) in [5, 5.41) is 12.9. The molecule has 0 saturated heterocycles. The fraction of sp³-hybridized carbons (Fsp3) is 0.500. The van der Waals surface area contributed by atoms with Crippen molar-refractivity contribution in [1.29, 1.82) is 5.26 Å². The highest BCUT2D eigenvalue weighted by atomic mass is 32.2. The van der Waals surface area contributed by atoms with Crippen molar-refractivity contribution in [3.8, 4) is 6.07 Å². The van der Waals surface area contributed by atoms with Gasteiger partial charge in [-0.2, -0.15) is 17.0 Å². The highest BCUT2D eigenvalue weighted by Gasteiger charge is 2.30. The van der Waals surface area contributed by atoms with Crippen molar-refractivity contribution < 1.29 is 0 Å². The van der Waals surface area contributed by atoms with Gasteiger partial charge >= 0.3 is 0 Å². The average Bonchev–Trinajstić information content (AvgIpc) is 2.39. The number of nitrogens with one attached hydrogen (secondary N) is 1. The third-order valence-corrected chi connectivity index (χ3v) is 3.66. The van der Waals surface area contributed by atoms with Gasteiger partial charge in [0.15, 0.2) is 0 Å². The standard InChI is InChI=1S/C14H20N2S/c1-3-16-14(12-15,10-11-17-4-2)13-8-6-5-7-9-13/h5-9,16H,3-4,10-11H2,1-2H3. The van der Waals surface area contributed by atoms with Gasteiger partial charge in [0.05, 0.1) is 6.07 Å². The highest BCUT2D eigenvalue weighted by molar-refractivity contribution is 7.99. The Morgan fingerprint density at radius 3 is 2.53 bits per heavy atom. The third kappa shape index (κ3) is 3.76. The van der Waals surface area contributed by atoms with Crippen molar-refractivity contribution in [2.75, 3.05) is 18.1 Å². The van der Waals surface area contributed by atoms with Gasteiger partial charge in [-0.1, -0.05) is 44.2 Å². The highest BCUT2D eigenvalue weighted by Crippen LogP contribution is 2.26. The second-order valence-corrected chi connectivity index (χ2v) is 5.25. The Morgan fingerprint density at radius 1 is 1.29 bits per heavy atom. The molecule has 0 saturated carbocycles. The molecule has 0 aliphatic heterocycles. The molecule has 0 heterocycles. The summed E-state index contributed by atoms with van der Waals surface area (Å²) >= 11 is 1.88. The fourth-order valence-corrected chi connectivity index (χ4v) is 2.63. The summed E-state index contributed by atoms with van der Waals surface area (Å²) < 4.78 is 0. The molecule has 0 fully saturated rings. The number of benzene rings is 1. The fourth-order valence-electron chi connectivity index (χ4n) is 1.89. The molecular formula is C14H20N2S. The van der Waals surface area contributed by atoms with Crippen LogP contribution in [0.4, 0.5) is 0 Å². The van der Waals surface area contributed by atoms with Crippen LogP contribution in [0.1, 0.15) is 25.8 Å². The molecule has 2 nitrogen and oxygen atoms in total. The predicted molar refractivity (Wildman–Crippen MR) is 75.0 cm³/mol. The molecule has 0 radical (unpaired) electrons. The molecule has 0 amide bonds. The lowest BCUT2D eigenvalue weighted by Gasteiger charge is -2.28. The largest absolute Gasteiger partial charge is 0.296 e. The number of rotatable bonds is 7. The molecule has 1 rings (SSSR count). The Bertz CT molecular complexity index is 358. The van der Waals surface area contributed by atoms with E-state index in [4.69, 9.17) is 0 Å². The van der Waals surface area contributed by atoms with E-state index in [0.29, 0.717) is 0 Å². The number of hydrogen-bond donors (Lipinski definition) is 1. The minimum absolute atomic E-state index is 0.530. The minimum atomic E-state index is -0.530. The summed E-state index contributed by atoms with van der Waals surface area (Å²) in [6.07, 6.45) is 0.847. The average molecular weight is 248 g/mol. The monoisotopic (exact) mass is 248 g/mol. The van der Waals surface area contributed by atoms with Crippen LogP contribution in [0.3, 0.4) is 0 Å². The van der Waals surface area contributed by atoms with Gasteiger partial charge in [0.25, 0.3) is 0 Å². The Morgan fingerprint density at radius 2 is 2.00 bits per heavy atom. The van der Waals surface area contributed by atoms with Crippen LogP contribution in [0.5, 0.6) is 0 Å². The van der Waals surface area contributed by atoms with E-state index in [9.17, 15) is 5.26 Å². The molecule has 1 atom stereocenters. The van der Waals surface area contributed by atoms with Gasteiger partial charge in [0, 0.05) is 0 Å². The second-order valence-electron chi connectivity index (χ2n) is 3.86. The van der Waals surface area contributed by atoms with Crippen LogP contribution in [0.25, 0.3) is 0 Å². The predicted octanol–water partition coefficient (Wildman–Crippen LogP) is 3.16. The van der Waals surface area contributed by atoms with Crippen molar-refractivity contribution in [1.82, 2.24) is 5.32 Å². The summed E-state index contributed by atoms with van der Waals surface area (Å²) in [4.78, 5) is 0. The molecule has 0 aromatic heterocycles. The van der Waals surface area contributed by atoms with Crippen molar-refractivity contribution in [2.24, 2.45) is 0 Å². The molecule has 1 aromatic carbocycles. The SMILES string of the molecule is CCNC(C#N)(CCSCC)c1ccccc1. The van der Waals surface area contributed by atoms with Gasteiger partial charge in [-0.05, 0) is 30.0 Å². The Kier molecular flexibility index (Phi) is 6.10. The van der Waals surface area contributed by atoms with Crippen LogP contribution >= 0.6 is 11.8 Å². The van der Waals surface area contributed by atoms with E-state index < -0.39 is 5.54 Å². The summed E-state index contributed by atoms with van der Waals surface area (Å²) in [5.74, 6) is 2.11. The van der Waals surface area contributed by atoms with Gasteiger partial charge in [-0.25, -0.2) is 0 Å². The van der Waals surface area contributed by atoms with E-state index in [1.54, 1.807) is 0 Å². The number of hydrogen-bond acceptors (Lipinski definition) is 3. The smallest absolute Gasteiger partial charge is 0.133 e. The summed E-state index contributed by atoms with van der Waals surface area (Å²) in [7, 11) is 0. The molecule has 0 bridgehead atoms.